The molecule has 0 radical (unpaired) electrons. The fourth-order valence-corrected chi connectivity index (χ4v) is 1.90. The first kappa shape index (κ1) is 14.4. The smallest absolute Gasteiger partial charge is 0.404 e. The van der Waals surface area contributed by atoms with Crippen LogP contribution in [-0.4, -0.2) is 32.2 Å². The zero-order valence-electron chi connectivity index (χ0n) is 10.5. The van der Waals surface area contributed by atoms with Crippen molar-refractivity contribution in [1.82, 2.24) is 5.32 Å². The maximum absolute atomic E-state index is 10.4. The quantitative estimate of drug-likeness (QED) is 0.734. The van der Waals surface area contributed by atoms with E-state index in [0.717, 1.165) is 0 Å². The van der Waals surface area contributed by atoms with E-state index in [0.29, 0.717) is 6.61 Å². The summed E-state index contributed by atoms with van der Waals surface area (Å²) >= 11 is 0. The van der Waals surface area contributed by atoms with Crippen LogP contribution >= 0.6 is 0 Å². The summed E-state index contributed by atoms with van der Waals surface area (Å²) in [6.45, 7) is 13.0. The predicted molar refractivity (Wildman–Crippen MR) is 63.8 cm³/mol. The molecule has 0 aliphatic carbocycles. The van der Waals surface area contributed by atoms with Gasteiger partial charge in [0.1, 0.15) is 0 Å². The highest BCUT2D eigenvalue weighted by molar-refractivity contribution is 6.74. The molecule has 0 heterocycles. The van der Waals surface area contributed by atoms with Crippen molar-refractivity contribution < 1.29 is 14.3 Å². The Morgan fingerprint density at radius 3 is 2.27 bits per heavy atom. The van der Waals surface area contributed by atoms with E-state index in [1.807, 2.05) is 0 Å². The summed E-state index contributed by atoms with van der Waals surface area (Å²) in [7, 11) is -1.75. The fraction of sp³-hybridized carbons (Fsp3) is 0.900. The van der Waals surface area contributed by atoms with E-state index in [9.17, 15) is 4.79 Å². The van der Waals surface area contributed by atoms with Crippen LogP contribution in [0.3, 0.4) is 0 Å². The van der Waals surface area contributed by atoms with Crippen LogP contribution in [0.15, 0.2) is 0 Å². The molecular weight excluding hydrogens is 210 g/mol. The standard InChI is InChI=1S/C10H23NO3Si/c1-8(11-9(12)13)7-14-15(5,6)10(2,3)4/h8,11H,7H2,1-6H3,(H,12,13)/t8-/m0/s1. The highest BCUT2D eigenvalue weighted by Crippen LogP contribution is 2.36. The second-order valence-corrected chi connectivity index (χ2v) is 10.2. The maximum atomic E-state index is 10.4. The van der Waals surface area contributed by atoms with Crippen molar-refractivity contribution in [1.29, 1.82) is 0 Å². The molecule has 0 aromatic carbocycles. The normalized spacial score (nSPS) is 14.8. The molecule has 0 aliphatic rings. The Morgan fingerprint density at radius 1 is 1.47 bits per heavy atom. The molecule has 5 heteroatoms. The molecule has 1 amide bonds. The zero-order chi connectivity index (χ0) is 12.3. The molecule has 1 atom stereocenters. The van der Waals surface area contributed by atoms with Gasteiger partial charge in [-0.25, -0.2) is 4.79 Å². The molecule has 0 fully saturated rings. The van der Waals surface area contributed by atoms with Crippen LogP contribution in [0.5, 0.6) is 0 Å². The summed E-state index contributed by atoms with van der Waals surface area (Å²) in [5.74, 6) is 0. The lowest BCUT2D eigenvalue weighted by Crippen LogP contribution is -2.45. The summed E-state index contributed by atoms with van der Waals surface area (Å²) < 4.78 is 5.87. The summed E-state index contributed by atoms with van der Waals surface area (Å²) in [5, 5.41) is 11.1. The van der Waals surface area contributed by atoms with E-state index in [-0.39, 0.29) is 11.1 Å². The fourth-order valence-electron chi connectivity index (χ4n) is 0.802. The molecule has 0 spiro atoms. The van der Waals surface area contributed by atoms with E-state index >= 15 is 0 Å². The third kappa shape index (κ3) is 5.18. The lowest BCUT2D eigenvalue weighted by atomic mass is 10.2. The topological polar surface area (TPSA) is 58.6 Å². The van der Waals surface area contributed by atoms with E-state index in [4.69, 9.17) is 9.53 Å². The highest BCUT2D eigenvalue weighted by atomic mass is 28.4. The van der Waals surface area contributed by atoms with Crippen LogP contribution in [0.4, 0.5) is 4.79 Å². The molecule has 0 bridgehead atoms. The van der Waals surface area contributed by atoms with Gasteiger partial charge in [-0.15, -0.1) is 0 Å². The third-order valence-electron chi connectivity index (χ3n) is 2.87. The average Bonchev–Trinajstić information content (AvgIpc) is 1.97. The van der Waals surface area contributed by atoms with Gasteiger partial charge in [0.05, 0.1) is 12.6 Å². The van der Waals surface area contributed by atoms with Crippen LogP contribution in [0.1, 0.15) is 27.7 Å². The Morgan fingerprint density at radius 2 is 1.93 bits per heavy atom. The lowest BCUT2D eigenvalue weighted by Gasteiger charge is -2.36. The molecule has 0 rings (SSSR count). The SMILES string of the molecule is C[C@@H](CO[Si](C)(C)C(C)(C)C)NC(=O)O. The molecule has 15 heavy (non-hydrogen) atoms. The number of amides is 1. The maximum Gasteiger partial charge on any atom is 0.404 e. The zero-order valence-corrected chi connectivity index (χ0v) is 11.5. The largest absolute Gasteiger partial charge is 0.465 e. The van der Waals surface area contributed by atoms with Crippen LogP contribution in [0, 0.1) is 0 Å². The van der Waals surface area contributed by atoms with Gasteiger partial charge in [0.15, 0.2) is 8.32 Å². The average molecular weight is 233 g/mol. The monoisotopic (exact) mass is 233 g/mol. The summed E-state index contributed by atoms with van der Waals surface area (Å²) in [6, 6.07) is -0.156. The summed E-state index contributed by atoms with van der Waals surface area (Å²) in [5.41, 5.74) is 0. The second-order valence-electron chi connectivity index (χ2n) is 5.42. The van der Waals surface area contributed by atoms with Crippen molar-refractivity contribution in [2.75, 3.05) is 6.61 Å². The molecule has 0 aromatic heterocycles. The van der Waals surface area contributed by atoms with Gasteiger partial charge < -0.3 is 14.8 Å². The van der Waals surface area contributed by atoms with Gasteiger partial charge >= 0.3 is 6.09 Å². The Hall–Kier alpha value is -0.553. The van der Waals surface area contributed by atoms with Gasteiger partial charge in [-0.2, -0.15) is 0 Å². The Balaban J connectivity index is 4.10. The van der Waals surface area contributed by atoms with Gasteiger partial charge in [-0.05, 0) is 25.1 Å². The molecule has 4 nitrogen and oxygen atoms in total. The Bertz CT molecular complexity index is 223. The van der Waals surface area contributed by atoms with Crippen LogP contribution in [0.25, 0.3) is 0 Å². The second kappa shape index (κ2) is 4.98. The highest BCUT2D eigenvalue weighted by Gasteiger charge is 2.37. The minimum atomic E-state index is -1.75. The van der Waals surface area contributed by atoms with Crippen molar-refractivity contribution in [2.45, 2.75) is 51.9 Å². The molecule has 2 N–H and O–H groups in total. The van der Waals surface area contributed by atoms with Crippen molar-refractivity contribution in [2.24, 2.45) is 0 Å². The van der Waals surface area contributed by atoms with Crippen LogP contribution < -0.4 is 5.32 Å². The first-order chi connectivity index (χ1) is 6.56. The van der Waals surface area contributed by atoms with E-state index < -0.39 is 14.4 Å². The van der Waals surface area contributed by atoms with E-state index in [2.05, 4.69) is 39.2 Å². The van der Waals surface area contributed by atoms with Gasteiger partial charge in [-0.1, -0.05) is 20.8 Å². The number of carboxylic acid groups (broad SMARTS) is 1. The molecule has 0 unspecified atom stereocenters. The van der Waals surface area contributed by atoms with Crippen LogP contribution in [0.2, 0.25) is 18.1 Å². The van der Waals surface area contributed by atoms with E-state index in [1.54, 1.807) is 6.92 Å². The third-order valence-corrected chi connectivity index (χ3v) is 7.37. The summed E-state index contributed by atoms with van der Waals surface area (Å²) in [6.07, 6.45) is -0.999. The number of carbonyl (C=O) groups is 1. The van der Waals surface area contributed by atoms with Crippen molar-refractivity contribution in [3.63, 3.8) is 0 Å². The molecule has 0 aromatic rings. The van der Waals surface area contributed by atoms with Gasteiger partial charge in [0.2, 0.25) is 0 Å². The molecular formula is C10H23NO3Si. The number of hydrogen-bond acceptors (Lipinski definition) is 2. The first-order valence-corrected chi connectivity index (χ1v) is 8.10. The van der Waals surface area contributed by atoms with Crippen molar-refractivity contribution in [3.05, 3.63) is 0 Å². The van der Waals surface area contributed by atoms with Crippen molar-refractivity contribution >= 4 is 14.4 Å². The molecule has 0 saturated heterocycles. The van der Waals surface area contributed by atoms with Crippen LogP contribution in [-0.2, 0) is 4.43 Å². The number of rotatable bonds is 4. The van der Waals surface area contributed by atoms with Crippen molar-refractivity contribution in [3.8, 4) is 0 Å². The minimum Gasteiger partial charge on any atom is -0.465 e. The predicted octanol–water partition coefficient (Wildman–Crippen LogP) is 2.66. The van der Waals surface area contributed by atoms with Gasteiger partial charge in [0, 0.05) is 0 Å². The number of nitrogens with one attached hydrogen (secondary N) is 1. The van der Waals surface area contributed by atoms with E-state index in [1.165, 1.54) is 0 Å². The molecule has 0 aliphatic heterocycles. The van der Waals surface area contributed by atoms with Gasteiger partial charge in [-0.3, -0.25) is 0 Å². The lowest BCUT2D eigenvalue weighted by molar-refractivity contribution is 0.181. The Kier molecular flexibility index (Phi) is 4.80. The van der Waals surface area contributed by atoms with Gasteiger partial charge in [0.25, 0.3) is 0 Å². The number of hydrogen-bond donors (Lipinski definition) is 2. The Labute approximate surface area is 93.1 Å². The molecule has 90 valence electrons. The first-order valence-electron chi connectivity index (χ1n) is 5.19. The minimum absolute atomic E-state index is 0.156. The molecule has 0 saturated carbocycles. The summed E-state index contributed by atoms with van der Waals surface area (Å²) in [4.78, 5) is 10.4.